The number of amides is 3. The lowest BCUT2D eigenvalue weighted by atomic mass is 10.2. The van der Waals surface area contributed by atoms with Gasteiger partial charge in [0, 0.05) is 19.1 Å². The van der Waals surface area contributed by atoms with Crippen LogP contribution in [0.25, 0.3) is 0 Å². The van der Waals surface area contributed by atoms with E-state index in [9.17, 15) is 14.4 Å². The van der Waals surface area contributed by atoms with Gasteiger partial charge in [-0.25, -0.2) is 4.79 Å². The minimum absolute atomic E-state index is 0.210. The lowest BCUT2D eigenvalue weighted by Gasteiger charge is -2.26. The summed E-state index contributed by atoms with van der Waals surface area (Å²) in [5.41, 5.74) is 0. The zero-order valence-electron chi connectivity index (χ0n) is 12.6. The van der Waals surface area contributed by atoms with Crippen LogP contribution in [0.5, 0.6) is 0 Å². The Balaban J connectivity index is 2.30. The van der Waals surface area contributed by atoms with Crippen LogP contribution in [-0.2, 0) is 9.59 Å². The summed E-state index contributed by atoms with van der Waals surface area (Å²) in [6.45, 7) is 6.77. The first kappa shape index (κ1) is 17.2. The average molecular weight is 300 g/mol. The van der Waals surface area contributed by atoms with E-state index in [2.05, 4.69) is 29.4 Å². The van der Waals surface area contributed by atoms with Crippen molar-refractivity contribution in [1.29, 1.82) is 0 Å². The maximum atomic E-state index is 11.9. The van der Waals surface area contributed by atoms with Crippen LogP contribution >= 0.6 is 0 Å². The molecule has 3 N–H and O–H groups in total. The molecular weight excluding hydrogens is 276 g/mol. The van der Waals surface area contributed by atoms with Gasteiger partial charge in [0.15, 0.2) is 0 Å². The number of carbonyl (C=O) groups is 3. The summed E-state index contributed by atoms with van der Waals surface area (Å²) in [6, 6.07) is 0.0849. The van der Waals surface area contributed by atoms with E-state index in [0.717, 1.165) is 19.5 Å². The second-order valence-corrected chi connectivity index (χ2v) is 4.94. The fourth-order valence-corrected chi connectivity index (χ4v) is 2.47. The van der Waals surface area contributed by atoms with Gasteiger partial charge in [-0.05, 0) is 19.5 Å². The molecule has 1 heterocycles. The maximum Gasteiger partial charge on any atom is 0.322 e. The van der Waals surface area contributed by atoms with E-state index in [1.54, 1.807) is 4.90 Å². The van der Waals surface area contributed by atoms with Gasteiger partial charge < -0.3 is 20.6 Å². The number of aliphatic carboxylic acids is 1. The van der Waals surface area contributed by atoms with Gasteiger partial charge in [0.2, 0.25) is 5.91 Å². The number of hydrogen-bond donors (Lipinski definition) is 3. The molecule has 3 amide bonds. The number of carboxylic acid groups (broad SMARTS) is 1. The predicted molar refractivity (Wildman–Crippen MR) is 76.9 cm³/mol. The molecule has 1 fully saturated rings. The zero-order chi connectivity index (χ0) is 15.8. The smallest absolute Gasteiger partial charge is 0.322 e. The van der Waals surface area contributed by atoms with Crippen molar-refractivity contribution in [3.05, 3.63) is 0 Å². The Morgan fingerprint density at radius 1 is 1.19 bits per heavy atom. The lowest BCUT2D eigenvalue weighted by Crippen LogP contribution is -2.45. The van der Waals surface area contributed by atoms with Crippen LogP contribution in [0.3, 0.4) is 0 Å². The zero-order valence-corrected chi connectivity index (χ0v) is 12.6. The fraction of sp³-hybridized carbons (Fsp3) is 0.769. The fourth-order valence-electron chi connectivity index (χ4n) is 2.47. The predicted octanol–water partition coefficient (Wildman–Crippen LogP) is -0.687. The van der Waals surface area contributed by atoms with E-state index in [0.29, 0.717) is 19.1 Å². The van der Waals surface area contributed by atoms with Crippen LogP contribution in [0.1, 0.15) is 20.3 Å². The number of carboxylic acids is 1. The van der Waals surface area contributed by atoms with Gasteiger partial charge in [-0.3, -0.25) is 14.5 Å². The number of rotatable bonds is 7. The summed E-state index contributed by atoms with van der Waals surface area (Å²) < 4.78 is 0. The Morgan fingerprint density at radius 3 is 2.43 bits per heavy atom. The minimum Gasteiger partial charge on any atom is -0.480 e. The molecule has 0 bridgehead atoms. The van der Waals surface area contributed by atoms with E-state index < -0.39 is 18.4 Å². The second kappa shape index (κ2) is 8.46. The van der Waals surface area contributed by atoms with Crippen molar-refractivity contribution in [1.82, 2.24) is 20.4 Å². The second-order valence-electron chi connectivity index (χ2n) is 4.94. The molecule has 1 aliphatic heterocycles. The number of urea groups is 1. The molecule has 120 valence electrons. The number of likely N-dealkylation sites (N-methyl/N-ethyl adjacent to an activating group) is 1. The normalized spacial score (nSPS) is 17.9. The van der Waals surface area contributed by atoms with Crippen molar-refractivity contribution in [2.24, 2.45) is 0 Å². The van der Waals surface area contributed by atoms with Crippen molar-refractivity contribution in [2.45, 2.75) is 26.3 Å². The van der Waals surface area contributed by atoms with Crippen molar-refractivity contribution in [2.75, 3.05) is 39.3 Å². The van der Waals surface area contributed by atoms with E-state index in [-0.39, 0.29) is 12.6 Å². The molecule has 8 heteroatoms. The molecule has 0 saturated carbocycles. The van der Waals surface area contributed by atoms with E-state index in [1.807, 2.05) is 0 Å². The monoisotopic (exact) mass is 300 g/mol. The van der Waals surface area contributed by atoms with Gasteiger partial charge in [0.1, 0.15) is 6.54 Å². The quantitative estimate of drug-likeness (QED) is 0.578. The summed E-state index contributed by atoms with van der Waals surface area (Å²) in [4.78, 5) is 37.5. The number of hydrogen-bond acceptors (Lipinski definition) is 4. The third kappa shape index (κ3) is 5.58. The highest BCUT2D eigenvalue weighted by Gasteiger charge is 2.29. The van der Waals surface area contributed by atoms with Crippen LogP contribution in [0.4, 0.5) is 4.79 Å². The molecule has 1 unspecified atom stereocenters. The Bertz CT molecular complexity index is 384. The summed E-state index contributed by atoms with van der Waals surface area (Å²) in [6.07, 6.45) is 0.931. The molecule has 8 nitrogen and oxygen atoms in total. The maximum absolute atomic E-state index is 11.9. The minimum atomic E-state index is -1.11. The highest BCUT2D eigenvalue weighted by molar-refractivity contribution is 5.86. The van der Waals surface area contributed by atoms with Gasteiger partial charge in [-0.2, -0.15) is 0 Å². The molecular formula is C13H24N4O4. The summed E-state index contributed by atoms with van der Waals surface area (Å²) in [7, 11) is 0. The lowest BCUT2D eigenvalue weighted by molar-refractivity contribution is -0.137. The molecule has 0 radical (unpaired) electrons. The van der Waals surface area contributed by atoms with Crippen LogP contribution in [0, 0.1) is 0 Å². The Morgan fingerprint density at radius 2 is 1.86 bits per heavy atom. The van der Waals surface area contributed by atoms with Crippen LogP contribution < -0.4 is 10.6 Å². The molecule has 0 aromatic carbocycles. The molecule has 0 aromatic rings. The average Bonchev–Trinajstić information content (AvgIpc) is 2.93. The molecule has 21 heavy (non-hydrogen) atoms. The largest absolute Gasteiger partial charge is 0.480 e. The molecule has 1 atom stereocenters. The van der Waals surface area contributed by atoms with Gasteiger partial charge in [-0.15, -0.1) is 0 Å². The van der Waals surface area contributed by atoms with Crippen LogP contribution in [0.15, 0.2) is 0 Å². The van der Waals surface area contributed by atoms with Gasteiger partial charge in [-0.1, -0.05) is 13.8 Å². The van der Waals surface area contributed by atoms with Crippen molar-refractivity contribution in [3.8, 4) is 0 Å². The van der Waals surface area contributed by atoms with Crippen molar-refractivity contribution in [3.63, 3.8) is 0 Å². The number of nitrogens with zero attached hydrogens (tertiary/aromatic N) is 2. The standard InChI is InChI=1S/C13H24N4O4/c1-3-16(4-2)10-5-6-17(9-10)13(21)15-7-11(18)14-8-12(19)20/h10H,3-9H2,1-2H3,(H,14,18)(H,15,21)(H,19,20). The van der Waals surface area contributed by atoms with E-state index in [4.69, 9.17) is 5.11 Å². The first-order chi connectivity index (χ1) is 9.97. The van der Waals surface area contributed by atoms with Crippen molar-refractivity contribution < 1.29 is 19.5 Å². The Labute approximate surface area is 124 Å². The SMILES string of the molecule is CCN(CC)C1CCN(C(=O)NCC(=O)NCC(=O)O)C1. The van der Waals surface area contributed by atoms with Gasteiger partial charge in [0.05, 0.1) is 6.54 Å². The summed E-state index contributed by atoms with van der Waals surface area (Å²) >= 11 is 0. The van der Waals surface area contributed by atoms with Gasteiger partial charge in [0.25, 0.3) is 0 Å². The highest BCUT2D eigenvalue weighted by Crippen LogP contribution is 2.15. The summed E-state index contributed by atoms with van der Waals surface area (Å²) in [5.74, 6) is -1.62. The third-order valence-electron chi connectivity index (χ3n) is 3.62. The number of nitrogens with one attached hydrogen (secondary N) is 2. The van der Waals surface area contributed by atoms with Crippen LogP contribution in [0.2, 0.25) is 0 Å². The molecule has 1 rings (SSSR count). The first-order valence-corrected chi connectivity index (χ1v) is 7.23. The molecule has 1 aliphatic rings. The van der Waals surface area contributed by atoms with E-state index >= 15 is 0 Å². The third-order valence-corrected chi connectivity index (χ3v) is 3.62. The first-order valence-electron chi connectivity index (χ1n) is 7.23. The molecule has 0 spiro atoms. The highest BCUT2D eigenvalue weighted by atomic mass is 16.4. The van der Waals surface area contributed by atoms with Gasteiger partial charge >= 0.3 is 12.0 Å². The molecule has 0 aromatic heterocycles. The molecule has 0 aliphatic carbocycles. The Kier molecular flexibility index (Phi) is 6.93. The topological polar surface area (TPSA) is 102 Å². The van der Waals surface area contributed by atoms with Crippen molar-refractivity contribution >= 4 is 17.9 Å². The Hall–Kier alpha value is -1.83. The number of likely N-dealkylation sites (tertiary alicyclic amines) is 1. The van der Waals surface area contributed by atoms with Crippen LogP contribution in [-0.4, -0.2) is 78.1 Å². The summed E-state index contributed by atoms with van der Waals surface area (Å²) in [5, 5.41) is 13.1. The van der Waals surface area contributed by atoms with E-state index in [1.165, 1.54) is 0 Å². The number of carbonyl (C=O) groups excluding carboxylic acids is 2. The molecule has 1 saturated heterocycles.